The Hall–Kier alpha value is -2.81. The average molecular weight is 465 g/mol. The fourth-order valence-corrected chi connectivity index (χ4v) is 4.14. The molecule has 0 aromatic heterocycles. The molecule has 1 aliphatic rings. The first-order chi connectivity index (χ1) is 14.2. The Kier molecular flexibility index (Phi) is 6.81. The van der Waals surface area contributed by atoms with Crippen LogP contribution in [-0.4, -0.2) is 34.0 Å². The number of hydrogen-bond donors (Lipinski definition) is 2. The van der Waals surface area contributed by atoms with Gasteiger partial charge in [0.2, 0.25) is 17.7 Å². The number of carboxylic acid groups (broad SMARTS) is 1. The average Bonchev–Trinajstić information content (AvgIpc) is 2.96. The molecular formula is C20H14Cl2N2O5S. The Labute approximate surface area is 185 Å². The second-order valence-electron chi connectivity index (χ2n) is 6.17. The quantitative estimate of drug-likeness (QED) is 0.494. The molecule has 2 aromatic carbocycles. The van der Waals surface area contributed by atoms with E-state index in [1.54, 1.807) is 30.3 Å². The first kappa shape index (κ1) is 21.9. The maximum Gasteiger partial charge on any atom is 0.328 e. The molecule has 1 atom stereocenters. The highest BCUT2D eigenvalue weighted by Gasteiger charge is 2.40. The molecule has 0 spiro atoms. The van der Waals surface area contributed by atoms with E-state index >= 15 is 0 Å². The monoisotopic (exact) mass is 464 g/mol. The van der Waals surface area contributed by atoms with E-state index in [0.717, 1.165) is 17.1 Å². The smallest absolute Gasteiger partial charge is 0.328 e. The molecule has 7 nitrogen and oxygen atoms in total. The summed E-state index contributed by atoms with van der Waals surface area (Å²) in [6.45, 7) is 0. The topological polar surface area (TPSA) is 104 Å². The molecule has 10 heteroatoms. The van der Waals surface area contributed by atoms with Crippen LogP contribution in [0.5, 0.6) is 0 Å². The summed E-state index contributed by atoms with van der Waals surface area (Å²) in [5, 5.41) is 11.0. The standard InChI is InChI=1S/C20H14Cl2N2O5S/c21-14-5-4-12(9-15(14)22)24-18(26)10-16(20(24)29)30-13-3-1-2-11(8-13)23-17(25)6-7-19(27)28/h1-9,16H,10H2,(H,23,25)(H,27,28)/b7-6+/t16-/m1/s1. The Morgan fingerprint density at radius 2 is 1.87 bits per heavy atom. The second-order valence-corrected chi connectivity index (χ2v) is 8.26. The highest BCUT2D eigenvalue weighted by atomic mass is 35.5. The molecular weight excluding hydrogens is 451 g/mol. The molecule has 0 radical (unpaired) electrons. The zero-order valence-electron chi connectivity index (χ0n) is 15.2. The summed E-state index contributed by atoms with van der Waals surface area (Å²) in [7, 11) is 0. The maximum atomic E-state index is 12.8. The van der Waals surface area contributed by atoms with Crippen molar-refractivity contribution < 1.29 is 24.3 Å². The third-order valence-electron chi connectivity index (χ3n) is 4.02. The van der Waals surface area contributed by atoms with Gasteiger partial charge in [0.05, 0.1) is 21.0 Å². The fraction of sp³-hybridized carbons (Fsp3) is 0.100. The van der Waals surface area contributed by atoms with E-state index < -0.39 is 17.1 Å². The molecule has 0 aliphatic carbocycles. The number of carboxylic acids is 1. The number of imide groups is 1. The van der Waals surface area contributed by atoms with E-state index in [1.165, 1.54) is 23.9 Å². The maximum absolute atomic E-state index is 12.8. The summed E-state index contributed by atoms with van der Waals surface area (Å²) < 4.78 is 0. The van der Waals surface area contributed by atoms with Crippen molar-refractivity contribution in [1.82, 2.24) is 0 Å². The lowest BCUT2D eigenvalue weighted by atomic mass is 10.3. The zero-order valence-corrected chi connectivity index (χ0v) is 17.5. The number of nitrogens with zero attached hydrogens (tertiary/aromatic N) is 1. The van der Waals surface area contributed by atoms with Crippen LogP contribution in [0.3, 0.4) is 0 Å². The van der Waals surface area contributed by atoms with Crippen molar-refractivity contribution in [2.45, 2.75) is 16.6 Å². The van der Waals surface area contributed by atoms with Crippen LogP contribution in [0.2, 0.25) is 10.0 Å². The van der Waals surface area contributed by atoms with Gasteiger partial charge in [0.15, 0.2) is 0 Å². The molecule has 1 saturated heterocycles. The minimum atomic E-state index is -1.23. The molecule has 154 valence electrons. The molecule has 0 saturated carbocycles. The van der Waals surface area contributed by atoms with Gasteiger partial charge in [-0.25, -0.2) is 9.69 Å². The second kappa shape index (κ2) is 9.34. The number of rotatable bonds is 6. The molecule has 1 fully saturated rings. The Morgan fingerprint density at radius 3 is 2.57 bits per heavy atom. The number of nitrogens with one attached hydrogen (secondary N) is 1. The molecule has 1 heterocycles. The van der Waals surface area contributed by atoms with Gasteiger partial charge in [-0.2, -0.15) is 0 Å². The number of carbonyl (C=O) groups is 4. The molecule has 3 rings (SSSR count). The van der Waals surface area contributed by atoms with E-state index in [1.807, 2.05) is 0 Å². The normalized spacial score (nSPS) is 16.3. The van der Waals surface area contributed by atoms with E-state index in [2.05, 4.69) is 5.32 Å². The van der Waals surface area contributed by atoms with Crippen molar-refractivity contribution in [3.63, 3.8) is 0 Å². The van der Waals surface area contributed by atoms with Gasteiger partial charge in [-0.05, 0) is 36.4 Å². The molecule has 3 amide bonds. The lowest BCUT2D eigenvalue weighted by Crippen LogP contribution is -2.31. The third kappa shape index (κ3) is 5.21. The number of benzene rings is 2. The van der Waals surface area contributed by atoms with Crippen molar-refractivity contribution in [3.8, 4) is 0 Å². The first-order valence-corrected chi connectivity index (χ1v) is 10.2. The fourth-order valence-electron chi connectivity index (χ4n) is 2.73. The van der Waals surface area contributed by atoms with Gasteiger partial charge >= 0.3 is 5.97 Å². The molecule has 1 aliphatic heterocycles. The number of amides is 3. The van der Waals surface area contributed by atoms with E-state index in [9.17, 15) is 19.2 Å². The van der Waals surface area contributed by atoms with Gasteiger partial charge in [-0.15, -0.1) is 11.8 Å². The predicted molar refractivity (Wildman–Crippen MR) is 115 cm³/mol. The molecule has 2 aromatic rings. The summed E-state index contributed by atoms with van der Waals surface area (Å²) in [5.74, 6) is -2.55. The molecule has 2 N–H and O–H groups in total. The van der Waals surface area contributed by atoms with Crippen LogP contribution < -0.4 is 10.2 Å². The minimum Gasteiger partial charge on any atom is -0.478 e. The van der Waals surface area contributed by atoms with E-state index in [4.69, 9.17) is 28.3 Å². The van der Waals surface area contributed by atoms with Gasteiger partial charge in [-0.1, -0.05) is 29.3 Å². The third-order valence-corrected chi connectivity index (χ3v) is 5.94. The summed E-state index contributed by atoms with van der Waals surface area (Å²) in [6.07, 6.45) is 1.65. The number of hydrogen-bond acceptors (Lipinski definition) is 5. The first-order valence-electron chi connectivity index (χ1n) is 8.55. The van der Waals surface area contributed by atoms with Gasteiger partial charge in [-0.3, -0.25) is 14.4 Å². The zero-order chi connectivity index (χ0) is 21.8. The Balaban J connectivity index is 1.71. The largest absolute Gasteiger partial charge is 0.478 e. The van der Waals surface area contributed by atoms with Gasteiger partial charge in [0.1, 0.15) is 0 Å². The summed E-state index contributed by atoms with van der Waals surface area (Å²) in [6, 6.07) is 11.2. The highest BCUT2D eigenvalue weighted by Crippen LogP contribution is 2.36. The van der Waals surface area contributed by atoms with Gasteiger partial charge in [0, 0.05) is 29.2 Å². The van der Waals surface area contributed by atoms with Gasteiger partial charge in [0.25, 0.3) is 0 Å². The van der Waals surface area contributed by atoms with Crippen molar-refractivity contribution in [3.05, 3.63) is 64.7 Å². The predicted octanol–water partition coefficient (Wildman–Crippen LogP) is 4.00. The van der Waals surface area contributed by atoms with Crippen LogP contribution in [0.15, 0.2) is 59.5 Å². The van der Waals surface area contributed by atoms with Crippen molar-refractivity contribution >= 4 is 70.0 Å². The van der Waals surface area contributed by atoms with Crippen LogP contribution in [0, 0.1) is 0 Å². The number of thioether (sulfide) groups is 1. The Bertz CT molecular complexity index is 1070. The molecule has 0 unspecified atom stereocenters. The van der Waals surface area contributed by atoms with E-state index in [0.29, 0.717) is 21.3 Å². The van der Waals surface area contributed by atoms with Gasteiger partial charge < -0.3 is 10.4 Å². The highest BCUT2D eigenvalue weighted by molar-refractivity contribution is 8.00. The van der Waals surface area contributed by atoms with Crippen LogP contribution in [0.1, 0.15) is 6.42 Å². The minimum absolute atomic E-state index is 0.0156. The summed E-state index contributed by atoms with van der Waals surface area (Å²) >= 11 is 13.1. The van der Waals surface area contributed by atoms with Crippen LogP contribution in [0.25, 0.3) is 0 Å². The number of aliphatic carboxylic acids is 1. The number of halogens is 2. The Morgan fingerprint density at radius 1 is 1.10 bits per heavy atom. The molecule has 30 heavy (non-hydrogen) atoms. The molecule has 0 bridgehead atoms. The van der Waals surface area contributed by atoms with Crippen LogP contribution >= 0.6 is 35.0 Å². The summed E-state index contributed by atoms with van der Waals surface area (Å²) in [5.41, 5.74) is 0.784. The van der Waals surface area contributed by atoms with Crippen molar-refractivity contribution in [2.75, 3.05) is 10.2 Å². The van der Waals surface area contributed by atoms with Crippen molar-refractivity contribution in [2.24, 2.45) is 0 Å². The number of anilines is 2. The number of carbonyl (C=O) groups excluding carboxylic acids is 3. The lowest BCUT2D eigenvalue weighted by molar-refractivity contribution is -0.131. The van der Waals surface area contributed by atoms with Crippen LogP contribution in [0.4, 0.5) is 11.4 Å². The SMILES string of the molecule is O=C(O)/C=C/C(=O)Nc1cccc(S[C@@H]2CC(=O)N(c3ccc(Cl)c(Cl)c3)C2=O)c1. The van der Waals surface area contributed by atoms with E-state index in [-0.39, 0.29) is 23.3 Å². The summed E-state index contributed by atoms with van der Waals surface area (Å²) in [4.78, 5) is 49.2. The van der Waals surface area contributed by atoms with Crippen molar-refractivity contribution in [1.29, 1.82) is 0 Å². The lowest BCUT2D eigenvalue weighted by Gasteiger charge is -2.15. The van der Waals surface area contributed by atoms with Crippen LogP contribution in [-0.2, 0) is 19.2 Å².